The Labute approximate surface area is 154 Å². The van der Waals surface area contributed by atoms with Crippen LogP contribution >= 0.6 is 0 Å². The summed E-state index contributed by atoms with van der Waals surface area (Å²) in [7, 11) is 0. The number of halogens is 1. The van der Waals surface area contributed by atoms with Crippen molar-refractivity contribution in [3.63, 3.8) is 0 Å². The summed E-state index contributed by atoms with van der Waals surface area (Å²) >= 11 is 0. The van der Waals surface area contributed by atoms with Gasteiger partial charge in [-0.25, -0.2) is 4.39 Å². The van der Waals surface area contributed by atoms with Crippen molar-refractivity contribution in [3.05, 3.63) is 72.5 Å². The lowest BCUT2D eigenvalue weighted by atomic mass is 10.1. The zero-order valence-electron chi connectivity index (χ0n) is 14.1. The van der Waals surface area contributed by atoms with Gasteiger partial charge in [0.1, 0.15) is 11.6 Å². The topological polar surface area (TPSA) is 79.9 Å². The van der Waals surface area contributed by atoms with Gasteiger partial charge in [0.25, 0.3) is 5.91 Å². The monoisotopic (exact) mass is 362 g/mol. The number of ether oxygens (including phenoxy) is 1. The molecule has 0 aliphatic heterocycles. The Kier molecular flexibility index (Phi) is 4.49. The van der Waals surface area contributed by atoms with Crippen molar-refractivity contribution in [3.8, 4) is 17.1 Å². The molecule has 134 valence electrons. The first-order chi connectivity index (χ1) is 13.2. The van der Waals surface area contributed by atoms with Crippen molar-refractivity contribution in [2.45, 2.75) is 0 Å². The number of anilines is 1. The molecule has 1 amide bonds. The lowest BCUT2D eigenvalue weighted by molar-refractivity contribution is -0.118. The number of hydrogen-bond acceptors (Lipinski definition) is 4. The molecule has 3 aromatic carbocycles. The highest BCUT2D eigenvalue weighted by Crippen LogP contribution is 2.20. The highest BCUT2D eigenvalue weighted by molar-refractivity contribution is 5.90. The minimum absolute atomic E-state index is 0.126. The number of H-pyrrole nitrogens is 1. The van der Waals surface area contributed by atoms with E-state index in [0.29, 0.717) is 17.1 Å². The van der Waals surface area contributed by atoms with Crippen molar-refractivity contribution in [1.29, 1.82) is 0 Å². The van der Waals surface area contributed by atoms with E-state index in [1.807, 2.05) is 42.5 Å². The molecule has 0 aliphatic rings. The molecule has 6 nitrogen and oxygen atoms in total. The van der Waals surface area contributed by atoms with Gasteiger partial charge in [0.2, 0.25) is 5.95 Å². The first-order valence-electron chi connectivity index (χ1n) is 8.27. The predicted octanol–water partition coefficient (Wildman–Crippen LogP) is 3.78. The Morgan fingerprint density at radius 1 is 1.04 bits per heavy atom. The molecule has 0 fully saturated rings. The largest absolute Gasteiger partial charge is 0.484 e. The van der Waals surface area contributed by atoms with Gasteiger partial charge in [-0.3, -0.25) is 15.2 Å². The maximum atomic E-state index is 13.0. The number of aromatic amines is 1. The van der Waals surface area contributed by atoms with Gasteiger partial charge in [-0.15, -0.1) is 5.10 Å². The number of carbonyl (C=O) groups excluding carboxylic acids is 1. The standard InChI is InChI=1S/C20H15FN4O2/c21-16-8-5-14(6-9-16)19-23-20(25-24-19)22-18(26)12-27-17-10-7-13-3-1-2-4-15(13)11-17/h1-11H,12H2,(H2,22,23,24,25,26). The zero-order valence-corrected chi connectivity index (χ0v) is 14.1. The van der Waals surface area contributed by atoms with Crippen LogP contribution < -0.4 is 10.1 Å². The average Bonchev–Trinajstić information content (AvgIpc) is 3.15. The molecule has 1 heterocycles. The molecule has 0 aliphatic carbocycles. The molecule has 0 spiro atoms. The van der Waals surface area contributed by atoms with Crippen LogP contribution in [0.3, 0.4) is 0 Å². The van der Waals surface area contributed by atoms with Gasteiger partial charge in [-0.2, -0.15) is 4.98 Å². The van der Waals surface area contributed by atoms with Crippen LogP contribution in [0.1, 0.15) is 0 Å². The molecule has 0 unspecified atom stereocenters. The summed E-state index contributed by atoms with van der Waals surface area (Å²) in [5.41, 5.74) is 0.664. The van der Waals surface area contributed by atoms with Crippen molar-refractivity contribution >= 4 is 22.6 Å². The third-order valence-electron chi connectivity index (χ3n) is 3.95. The normalized spacial score (nSPS) is 10.7. The molecular weight excluding hydrogens is 347 g/mol. The Balaban J connectivity index is 1.37. The number of rotatable bonds is 5. The van der Waals surface area contributed by atoms with Crippen molar-refractivity contribution in [1.82, 2.24) is 15.2 Å². The van der Waals surface area contributed by atoms with E-state index in [-0.39, 0.29) is 24.3 Å². The van der Waals surface area contributed by atoms with Gasteiger partial charge >= 0.3 is 0 Å². The fourth-order valence-corrected chi connectivity index (χ4v) is 2.62. The summed E-state index contributed by atoms with van der Waals surface area (Å²) in [6.45, 7) is -0.168. The van der Waals surface area contributed by atoms with E-state index in [2.05, 4.69) is 20.5 Å². The molecule has 0 saturated carbocycles. The van der Waals surface area contributed by atoms with Gasteiger partial charge in [0.15, 0.2) is 12.4 Å². The molecule has 2 N–H and O–H groups in total. The minimum Gasteiger partial charge on any atom is -0.484 e. The molecule has 4 rings (SSSR count). The van der Waals surface area contributed by atoms with E-state index < -0.39 is 0 Å². The summed E-state index contributed by atoms with van der Waals surface area (Å²) in [6, 6.07) is 19.3. The number of carbonyl (C=O) groups is 1. The van der Waals surface area contributed by atoms with E-state index in [4.69, 9.17) is 4.74 Å². The lowest BCUT2D eigenvalue weighted by Crippen LogP contribution is -2.20. The fourth-order valence-electron chi connectivity index (χ4n) is 2.62. The summed E-state index contributed by atoms with van der Waals surface area (Å²) < 4.78 is 18.5. The molecule has 0 bridgehead atoms. The molecule has 1 aromatic heterocycles. The fraction of sp³-hybridized carbons (Fsp3) is 0.0500. The third-order valence-corrected chi connectivity index (χ3v) is 3.95. The number of hydrogen-bond donors (Lipinski definition) is 2. The molecule has 0 saturated heterocycles. The van der Waals surface area contributed by atoms with Crippen LogP contribution in [0.2, 0.25) is 0 Å². The van der Waals surface area contributed by atoms with E-state index >= 15 is 0 Å². The second-order valence-electron chi connectivity index (χ2n) is 5.86. The van der Waals surface area contributed by atoms with E-state index in [1.165, 1.54) is 12.1 Å². The highest BCUT2D eigenvalue weighted by Gasteiger charge is 2.10. The van der Waals surface area contributed by atoms with Crippen LogP contribution in [-0.4, -0.2) is 27.7 Å². The van der Waals surface area contributed by atoms with Crippen LogP contribution in [0.4, 0.5) is 10.3 Å². The lowest BCUT2D eigenvalue weighted by Gasteiger charge is -2.06. The Morgan fingerprint density at radius 2 is 1.81 bits per heavy atom. The summed E-state index contributed by atoms with van der Waals surface area (Å²) in [4.78, 5) is 16.2. The summed E-state index contributed by atoms with van der Waals surface area (Å²) in [6.07, 6.45) is 0. The third kappa shape index (κ3) is 3.92. The van der Waals surface area contributed by atoms with E-state index in [0.717, 1.165) is 10.8 Å². The molecule has 0 atom stereocenters. The SMILES string of the molecule is O=C(COc1ccc2ccccc2c1)Nc1n[nH]c(-c2ccc(F)cc2)n1. The van der Waals surface area contributed by atoms with Crippen LogP contribution in [-0.2, 0) is 4.79 Å². The number of nitrogens with zero attached hydrogens (tertiary/aromatic N) is 2. The quantitative estimate of drug-likeness (QED) is 0.566. The van der Waals surface area contributed by atoms with Crippen molar-refractivity contribution in [2.75, 3.05) is 11.9 Å². The molecule has 7 heteroatoms. The van der Waals surface area contributed by atoms with Gasteiger partial charge < -0.3 is 4.74 Å². The first kappa shape index (κ1) is 16.7. The second-order valence-corrected chi connectivity index (χ2v) is 5.86. The Bertz CT molecular complexity index is 1090. The Hall–Kier alpha value is -3.74. The van der Waals surface area contributed by atoms with E-state index in [9.17, 15) is 9.18 Å². The van der Waals surface area contributed by atoms with Crippen LogP contribution in [0.15, 0.2) is 66.7 Å². The number of amides is 1. The maximum Gasteiger partial charge on any atom is 0.264 e. The number of benzene rings is 3. The van der Waals surface area contributed by atoms with Crippen LogP contribution in [0.25, 0.3) is 22.2 Å². The molecule has 4 aromatic rings. The summed E-state index contributed by atoms with van der Waals surface area (Å²) in [5.74, 6) is 0.443. The minimum atomic E-state index is -0.382. The molecule has 0 radical (unpaired) electrons. The van der Waals surface area contributed by atoms with Crippen molar-refractivity contribution < 1.29 is 13.9 Å². The van der Waals surface area contributed by atoms with E-state index in [1.54, 1.807) is 12.1 Å². The number of aromatic nitrogens is 3. The van der Waals surface area contributed by atoms with Crippen LogP contribution in [0.5, 0.6) is 5.75 Å². The van der Waals surface area contributed by atoms with Gasteiger partial charge in [-0.1, -0.05) is 30.3 Å². The van der Waals surface area contributed by atoms with Gasteiger partial charge in [0.05, 0.1) is 0 Å². The first-order valence-corrected chi connectivity index (χ1v) is 8.27. The molecular formula is C20H15FN4O2. The summed E-state index contributed by atoms with van der Waals surface area (Å²) in [5, 5.41) is 11.3. The van der Waals surface area contributed by atoms with Crippen molar-refractivity contribution in [2.24, 2.45) is 0 Å². The highest BCUT2D eigenvalue weighted by atomic mass is 19.1. The average molecular weight is 362 g/mol. The second kappa shape index (κ2) is 7.25. The molecule has 27 heavy (non-hydrogen) atoms. The number of fused-ring (bicyclic) bond motifs is 1. The predicted molar refractivity (Wildman–Crippen MR) is 99.8 cm³/mol. The number of nitrogens with one attached hydrogen (secondary N) is 2. The van der Waals surface area contributed by atoms with Gasteiger partial charge in [0, 0.05) is 5.56 Å². The van der Waals surface area contributed by atoms with Crippen LogP contribution in [0, 0.1) is 5.82 Å². The zero-order chi connectivity index (χ0) is 18.6. The van der Waals surface area contributed by atoms with Gasteiger partial charge in [-0.05, 0) is 47.2 Å². The Morgan fingerprint density at radius 3 is 2.63 bits per heavy atom. The smallest absolute Gasteiger partial charge is 0.264 e. The maximum absolute atomic E-state index is 13.0.